The second kappa shape index (κ2) is 13.8. The molecule has 11 heteroatoms. The summed E-state index contributed by atoms with van der Waals surface area (Å²) in [6.07, 6.45) is 5.20. The van der Waals surface area contributed by atoms with E-state index in [0.717, 1.165) is 28.6 Å². The number of anilines is 3. The Morgan fingerprint density at radius 2 is 1.91 bits per heavy atom. The molecule has 2 saturated heterocycles. The molecule has 0 radical (unpaired) electrons. The number of halogens is 1. The highest BCUT2D eigenvalue weighted by atomic mass is 35.5. The molecule has 0 bridgehead atoms. The van der Waals surface area contributed by atoms with E-state index < -0.39 is 5.91 Å². The number of pyridine rings is 1. The predicted molar refractivity (Wildman–Crippen MR) is 175 cm³/mol. The number of amides is 1. The van der Waals surface area contributed by atoms with Crippen LogP contribution in [0.15, 0.2) is 72.4 Å². The van der Waals surface area contributed by atoms with Gasteiger partial charge < -0.3 is 30.2 Å². The van der Waals surface area contributed by atoms with Crippen molar-refractivity contribution in [2.75, 3.05) is 36.5 Å². The normalized spacial score (nSPS) is 16.0. The zero-order valence-corrected chi connectivity index (χ0v) is 25.7. The number of hydrogen-bond donors (Lipinski definition) is 2. The van der Waals surface area contributed by atoms with Crippen molar-refractivity contribution in [3.63, 3.8) is 0 Å². The van der Waals surface area contributed by atoms with Crippen LogP contribution in [0.25, 0.3) is 10.9 Å². The van der Waals surface area contributed by atoms with Crippen LogP contribution in [0.4, 0.5) is 17.1 Å². The van der Waals surface area contributed by atoms with E-state index in [0.29, 0.717) is 90.3 Å². The zero-order valence-electron chi connectivity index (χ0n) is 25.0. The minimum Gasteiger partial charge on any atom is -0.487 e. The quantitative estimate of drug-likeness (QED) is 0.207. The fourth-order valence-electron chi connectivity index (χ4n) is 5.61. The van der Waals surface area contributed by atoms with Crippen LogP contribution < -0.4 is 25.4 Å². The molecule has 2 fully saturated rings. The SMILES string of the molecule is N#Cc1ccc(COc2ccc(Nc3c(C#N)cnc4cc(OC5CCOC5)c(N5CCC(=CC(N)=O)CC5)cc34)cc2Cl)cc1. The molecule has 10 nitrogen and oxygen atoms in total. The van der Waals surface area contributed by atoms with Crippen LogP contribution in [-0.2, 0) is 16.1 Å². The summed E-state index contributed by atoms with van der Waals surface area (Å²) in [5.74, 6) is 0.767. The van der Waals surface area contributed by atoms with Gasteiger partial charge in [-0.3, -0.25) is 9.78 Å². The van der Waals surface area contributed by atoms with Gasteiger partial charge in [0, 0.05) is 48.9 Å². The lowest BCUT2D eigenvalue weighted by Gasteiger charge is -2.32. The number of nitriles is 2. The number of nitrogens with one attached hydrogen (secondary N) is 1. The second-order valence-corrected chi connectivity index (χ2v) is 11.6. The standard InChI is InChI=1S/C35H31ClN6O4/c36-29-14-26(5-6-32(29)45-20-24-3-1-23(17-37)2-4-24)41-35-25(18-38)19-40-30-16-33(46-27-9-12-44-21-27)31(15-28(30)35)42-10-7-22(8-11-42)13-34(39)43/h1-6,13-16,19,27H,7-12,20-21H2,(H2,39,43)(H,40,41). The molecule has 3 aromatic carbocycles. The molecular formula is C35H31ClN6O4. The summed E-state index contributed by atoms with van der Waals surface area (Å²) in [7, 11) is 0. The molecule has 1 aromatic heterocycles. The monoisotopic (exact) mass is 634 g/mol. The van der Waals surface area contributed by atoms with Gasteiger partial charge in [0.1, 0.15) is 30.3 Å². The van der Waals surface area contributed by atoms with E-state index in [2.05, 4.69) is 27.3 Å². The molecule has 0 spiro atoms. The number of aromatic nitrogens is 1. The number of nitrogens with two attached hydrogens (primary N) is 1. The number of benzene rings is 3. The molecule has 1 amide bonds. The van der Waals surface area contributed by atoms with Crippen LogP contribution in [0, 0.1) is 22.7 Å². The van der Waals surface area contributed by atoms with Crippen molar-refractivity contribution in [1.82, 2.24) is 4.98 Å². The number of ether oxygens (including phenoxy) is 3. The van der Waals surface area contributed by atoms with Gasteiger partial charge in [0.25, 0.3) is 0 Å². The Morgan fingerprint density at radius 3 is 2.59 bits per heavy atom. The minimum atomic E-state index is -0.434. The molecule has 46 heavy (non-hydrogen) atoms. The Hall–Kier alpha value is -5.29. The number of piperidine rings is 1. The maximum absolute atomic E-state index is 11.4. The topological polar surface area (TPSA) is 147 Å². The van der Waals surface area contributed by atoms with Crippen molar-refractivity contribution in [3.8, 4) is 23.6 Å². The maximum Gasteiger partial charge on any atom is 0.241 e. The highest BCUT2D eigenvalue weighted by Crippen LogP contribution is 2.40. The Balaban J connectivity index is 1.30. The summed E-state index contributed by atoms with van der Waals surface area (Å²) in [5, 5.41) is 23.6. The molecule has 6 rings (SSSR count). The van der Waals surface area contributed by atoms with Crippen LogP contribution >= 0.6 is 11.6 Å². The minimum absolute atomic E-state index is 0.0675. The first-order chi connectivity index (χ1) is 22.4. The first-order valence-corrected chi connectivity index (χ1v) is 15.3. The number of rotatable bonds is 9. The lowest BCUT2D eigenvalue weighted by atomic mass is 10.0. The number of carbonyl (C=O) groups is 1. The van der Waals surface area contributed by atoms with Crippen LogP contribution in [-0.4, -0.2) is 43.3 Å². The molecule has 2 aliphatic heterocycles. The van der Waals surface area contributed by atoms with Gasteiger partial charge in [-0.05, 0) is 54.8 Å². The van der Waals surface area contributed by atoms with E-state index in [-0.39, 0.29) is 6.10 Å². The molecule has 0 saturated carbocycles. The molecule has 1 unspecified atom stereocenters. The summed E-state index contributed by atoms with van der Waals surface area (Å²) in [5.41, 5.74) is 11.1. The summed E-state index contributed by atoms with van der Waals surface area (Å²) in [4.78, 5) is 18.3. The molecule has 3 N–H and O–H groups in total. The third kappa shape index (κ3) is 7.00. The third-order valence-electron chi connectivity index (χ3n) is 8.02. The van der Waals surface area contributed by atoms with E-state index in [9.17, 15) is 10.1 Å². The Kier molecular flexibility index (Phi) is 9.20. The van der Waals surface area contributed by atoms with Crippen molar-refractivity contribution < 1.29 is 19.0 Å². The van der Waals surface area contributed by atoms with Crippen molar-refractivity contribution >= 4 is 45.5 Å². The van der Waals surface area contributed by atoms with E-state index in [1.54, 1.807) is 30.5 Å². The van der Waals surface area contributed by atoms with Gasteiger partial charge in [-0.15, -0.1) is 0 Å². The second-order valence-electron chi connectivity index (χ2n) is 11.2. The highest BCUT2D eigenvalue weighted by Gasteiger charge is 2.24. The number of carbonyl (C=O) groups excluding carboxylic acids is 1. The summed E-state index contributed by atoms with van der Waals surface area (Å²) in [6, 6.07) is 20.8. The summed E-state index contributed by atoms with van der Waals surface area (Å²) < 4.78 is 17.9. The number of fused-ring (bicyclic) bond motifs is 1. The zero-order chi connectivity index (χ0) is 32.0. The molecule has 3 heterocycles. The molecular weight excluding hydrogens is 604 g/mol. The predicted octanol–water partition coefficient (Wildman–Crippen LogP) is 6.13. The molecule has 0 aliphatic carbocycles. The molecule has 2 aliphatic rings. The van der Waals surface area contributed by atoms with Crippen LogP contribution in [0.1, 0.15) is 36.0 Å². The fraction of sp³-hybridized carbons (Fsp3) is 0.257. The average Bonchev–Trinajstić information content (AvgIpc) is 3.58. The summed E-state index contributed by atoms with van der Waals surface area (Å²) in [6.45, 7) is 2.82. The number of hydrogen-bond acceptors (Lipinski definition) is 9. The summed E-state index contributed by atoms with van der Waals surface area (Å²) >= 11 is 6.62. The molecule has 1 atom stereocenters. The number of nitrogens with zero attached hydrogens (tertiary/aromatic N) is 4. The van der Waals surface area contributed by atoms with Gasteiger partial charge in [0.05, 0.1) is 52.3 Å². The Labute approximate surface area is 271 Å². The Bertz CT molecular complexity index is 1880. The van der Waals surface area contributed by atoms with Gasteiger partial charge in [-0.2, -0.15) is 10.5 Å². The van der Waals surface area contributed by atoms with E-state index >= 15 is 0 Å². The van der Waals surface area contributed by atoms with Gasteiger partial charge in [0.2, 0.25) is 5.91 Å². The van der Waals surface area contributed by atoms with Gasteiger partial charge in [-0.25, -0.2) is 0 Å². The average molecular weight is 635 g/mol. The van der Waals surface area contributed by atoms with E-state index in [1.165, 1.54) is 6.08 Å². The van der Waals surface area contributed by atoms with Gasteiger partial charge in [0.15, 0.2) is 0 Å². The van der Waals surface area contributed by atoms with E-state index in [1.807, 2.05) is 30.3 Å². The van der Waals surface area contributed by atoms with Gasteiger partial charge in [-0.1, -0.05) is 29.3 Å². The van der Waals surface area contributed by atoms with Crippen molar-refractivity contribution in [2.24, 2.45) is 5.73 Å². The van der Waals surface area contributed by atoms with Crippen molar-refractivity contribution in [2.45, 2.75) is 32.0 Å². The molecule has 232 valence electrons. The van der Waals surface area contributed by atoms with Crippen LogP contribution in [0.3, 0.4) is 0 Å². The molecule has 4 aromatic rings. The first kappa shape index (κ1) is 30.7. The van der Waals surface area contributed by atoms with Crippen molar-refractivity contribution in [1.29, 1.82) is 10.5 Å². The lowest BCUT2D eigenvalue weighted by Crippen LogP contribution is -2.32. The first-order valence-electron chi connectivity index (χ1n) is 14.9. The lowest BCUT2D eigenvalue weighted by molar-refractivity contribution is -0.113. The number of primary amides is 1. The third-order valence-corrected chi connectivity index (χ3v) is 8.32. The highest BCUT2D eigenvalue weighted by molar-refractivity contribution is 6.32. The maximum atomic E-state index is 11.4. The smallest absolute Gasteiger partial charge is 0.241 e. The van der Waals surface area contributed by atoms with Gasteiger partial charge >= 0.3 is 0 Å². The largest absolute Gasteiger partial charge is 0.487 e. The van der Waals surface area contributed by atoms with Crippen LogP contribution in [0.2, 0.25) is 5.02 Å². The van der Waals surface area contributed by atoms with E-state index in [4.69, 9.17) is 36.8 Å². The van der Waals surface area contributed by atoms with Crippen LogP contribution in [0.5, 0.6) is 11.5 Å². The fourth-order valence-corrected chi connectivity index (χ4v) is 5.85. The Morgan fingerprint density at radius 1 is 1.11 bits per heavy atom. The van der Waals surface area contributed by atoms with Crippen molar-refractivity contribution in [3.05, 3.63) is 94.2 Å².